The molecule has 35 heavy (non-hydrogen) atoms. The molecule has 8 heteroatoms. The van der Waals surface area contributed by atoms with Crippen LogP contribution in [0.4, 0.5) is 5.69 Å². The maximum atomic E-state index is 12.0. The summed E-state index contributed by atoms with van der Waals surface area (Å²) in [5, 5.41) is 0.322. The third kappa shape index (κ3) is 11.1. The standard InChI is InChI=1S/C14H21NO2.C13H19ClN2O2/c1-5-14(2,11-15(3)4)17-13(16)12-9-7-6-8-10-12;1-3-16(4-2)7-8-18-13(17)11-6-5-10(15)9-12(11)14/h6-10H,5,11H2,1-4H3;5-6,9H,3-4,7-8,15H2,1-2H3. The third-order valence-corrected chi connectivity index (χ3v) is 5.81. The molecule has 2 aromatic carbocycles. The molecule has 2 N–H and O–H groups in total. The Hall–Kier alpha value is -2.61. The van der Waals surface area contributed by atoms with Crippen molar-refractivity contribution in [2.24, 2.45) is 0 Å². The van der Waals surface area contributed by atoms with Gasteiger partial charge in [0.15, 0.2) is 0 Å². The van der Waals surface area contributed by atoms with E-state index in [9.17, 15) is 9.59 Å². The first kappa shape index (κ1) is 30.4. The molecule has 0 radical (unpaired) electrons. The molecule has 0 saturated heterocycles. The monoisotopic (exact) mass is 505 g/mol. The number of esters is 2. The zero-order valence-corrected chi connectivity index (χ0v) is 22.6. The molecule has 0 fully saturated rings. The van der Waals surface area contributed by atoms with Gasteiger partial charge in [-0.05, 0) is 70.9 Å². The highest BCUT2D eigenvalue weighted by Crippen LogP contribution is 2.20. The van der Waals surface area contributed by atoms with E-state index in [2.05, 4.69) is 18.7 Å². The fourth-order valence-corrected chi connectivity index (χ4v) is 3.59. The molecule has 2 rings (SSSR count). The number of benzene rings is 2. The van der Waals surface area contributed by atoms with Gasteiger partial charge in [0.1, 0.15) is 12.2 Å². The lowest BCUT2D eigenvalue weighted by Crippen LogP contribution is -2.41. The van der Waals surface area contributed by atoms with Crippen LogP contribution in [0.2, 0.25) is 5.02 Å². The molecule has 0 bridgehead atoms. The smallest absolute Gasteiger partial charge is 0.339 e. The number of carbonyl (C=O) groups excluding carboxylic acids is 2. The van der Waals surface area contributed by atoms with E-state index in [-0.39, 0.29) is 5.97 Å². The van der Waals surface area contributed by atoms with Crippen LogP contribution in [0.25, 0.3) is 0 Å². The zero-order chi connectivity index (χ0) is 26.4. The second kappa shape index (κ2) is 15.4. The predicted molar refractivity (Wildman–Crippen MR) is 143 cm³/mol. The molecular formula is C27H40ClN3O4. The summed E-state index contributed by atoms with van der Waals surface area (Å²) in [6.07, 6.45) is 0.795. The van der Waals surface area contributed by atoms with Crippen LogP contribution >= 0.6 is 11.6 Å². The Morgan fingerprint density at radius 2 is 1.63 bits per heavy atom. The molecule has 0 saturated carbocycles. The van der Waals surface area contributed by atoms with Crippen molar-refractivity contribution >= 4 is 29.2 Å². The number of halogens is 1. The number of hydrogen-bond donors (Lipinski definition) is 1. The second-order valence-corrected chi connectivity index (χ2v) is 9.11. The fourth-order valence-electron chi connectivity index (χ4n) is 3.32. The van der Waals surface area contributed by atoms with Gasteiger partial charge in [-0.25, -0.2) is 9.59 Å². The topological polar surface area (TPSA) is 85.1 Å². The molecule has 1 atom stereocenters. The van der Waals surface area contributed by atoms with Crippen molar-refractivity contribution in [3.63, 3.8) is 0 Å². The quantitative estimate of drug-likeness (QED) is 0.340. The van der Waals surface area contributed by atoms with Crippen LogP contribution in [0.5, 0.6) is 0 Å². The van der Waals surface area contributed by atoms with E-state index in [4.69, 9.17) is 26.8 Å². The van der Waals surface area contributed by atoms with Crippen LogP contribution < -0.4 is 5.73 Å². The lowest BCUT2D eigenvalue weighted by Gasteiger charge is -2.31. The number of likely N-dealkylation sites (N-methyl/N-ethyl adjacent to an activating group) is 2. The number of rotatable bonds is 11. The highest BCUT2D eigenvalue weighted by molar-refractivity contribution is 6.33. The Bertz CT molecular complexity index is 920. The van der Waals surface area contributed by atoms with Gasteiger partial charge in [0.25, 0.3) is 0 Å². The number of anilines is 1. The summed E-state index contributed by atoms with van der Waals surface area (Å²) in [5.74, 6) is -0.663. The summed E-state index contributed by atoms with van der Waals surface area (Å²) in [7, 11) is 3.95. The summed E-state index contributed by atoms with van der Waals surface area (Å²) in [6, 6.07) is 13.9. The Balaban J connectivity index is 0.000000351. The molecule has 1 unspecified atom stereocenters. The first-order valence-electron chi connectivity index (χ1n) is 11.9. The predicted octanol–water partition coefficient (Wildman–Crippen LogP) is 4.99. The van der Waals surface area contributed by atoms with Crippen LogP contribution in [0, 0.1) is 0 Å². The maximum absolute atomic E-state index is 12.0. The number of hydrogen-bond acceptors (Lipinski definition) is 7. The zero-order valence-electron chi connectivity index (χ0n) is 21.8. The molecular weight excluding hydrogens is 466 g/mol. The Morgan fingerprint density at radius 3 is 2.14 bits per heavy atom. The average molecular weight is 506 g/mol. The number of nitrogen functional groups attached to an aromatic ring is 1. The van der Waals surface area contributed by atoms with Gasteiger partial charge in [-0.15, -0.1) is 0 Å². The van der Waals surface area contributed by atoms with E-state index in [0.29, 0.717) is 28.4 Å². The minimum Gasteiger partial charge on any atom is -0.461 e. The first-order chi connectivity index (χ1) is 16.5. The van der Waals surface area contributed by atoms with Gasteiger partial charge in [0, 0.05) is 18.8 Å². The average Bonchev–Trinajstić information content (AvgIpc) is 2.82. The van der Waals surface area contributed by atoms with Crippen LogP contribution in [-0.2, 0) is 9.47 Å². The van der Waals surface area contributed by atoms with Crippen LogP contribution in [0.15, 0.2) is 48.5 Å². The van der Waals surface area contributed by atoms with Gasteiger partial charge in [-0.3, -0.25) is 0 Å². The summed E-state index contributed by atoms with van der Waals surface area (Å²) < 4.78 is 10.8. The van der Waals surface area contributed by atoms with Crippen molar-refractivity contribution in [1.82, 2.24) is 9.80 Å². The SMILES string of the molecule is CCC(C)(CN(C)C)OC(=O)c1ccccc1.CCN(CC)CCOC(=O)c1ccc(N)cc1Cl. The molecule has 0 aromatic heterocycles. The van der Waals surface area contributed by atoms with E-state index in [1.54, 1.807) is 30.3 Å². The van der Waals surface area contributed by atoms with Gasteiger partial charge >= 0.3 is 11.9 Å². The van der Waals surface area contributed by atoms with Crippen molar-refractivity contribution in [3.8, 4) is 0 Å². The van der Waals surface area contributed by atoms with E-state index in [0.717, 1.165) is 32.6 Å². The Morgan fingerprint density at radius 1 is 1.00 bits per heavy atom. The number of nitrogens with two attached hydrogens (primary N) is 1. The van der Waals surface area contributed by atoms with Crippen LogP contribution in [0.3, 0.4) is 0 Å². The van der Waals surface area contributed by atoms with Gasteiger partial charge < -0.3 is 25.0 Å². The molecule has 0 heterocycles. The summed E-state index contributed by atoms with van der Waals surface area (Å²) in [6.45, 7) is 11.8. The third-order valence-electron chi connectivity index (χ3n) is 5.50. The van der Waals surface area contributed by atoms with Crippen LogP contribution in [-0.4, -0.2) is 74.2 Å². The molecule has 0 aliphatic rings. The Labute approximate surface area is 215 Å². The number of nitrogens with zero attached hydrogens (tertiary/aromatic N) is 2. The second-order valence-electron chi connectivity index (χ2n) is 8.70. The Kier molecular flexibility index (Phi) is 13.4. The van der Waals surface area contributed by atoms with Crippen molar-refractivity contribution < 1.29 is 19.1 Å². The molecule has 0 aliphatic heterocycles. The van der Waals surface area contributed by atoms with E-state index in [1.807, 2.05) is 51.0 Å². The summed E-state index contributed by atoms with van der Waals surface area (Å²) >= 11 is 5.93. The largest absolute Gasteiger partial charge is 0.461 e. The molecule has 0 amide bonds. The summed E-state index contributed by atoms with van der Waals surface area (Å²) in [5.41, 5.74) is 6.61. The summed E-state index contributed by atoms with van der Waals surface area (Å²) in [4.78, 5) is 27.9. The van der Waals surface area contributed by atoms with Gasteiger partial charge in [0.2, 0.25) is 0 Å². The van der Waals surface area contributed by atoms with Crippen molar-refractivity contribution in [1.29, 1.82) is 0 Å². The van der Waals surface area contributed by atoms with E-state index in [1.165, 1.54) is 0 Å². The molecule has 2 aromatic rings. The minimum absolute atomic E-state index is 0.253. The maximum Gasteiger partial charge on any atom is 0.339 e. The lowest BCUT2D eigenvalue weighted by molar-refractivity contribution is -0.0219. The minimum atomic E-state index is -0.434. The van der Waals surface area contributed by atoms with Crippen molar-refractivity contribution in [2.75, 3.05) is 52.6 Å². The lowest BCUT2D eigenvalue weighted by atomic mass is 10.0. The molecule has 7 nitrogen and oxygen atoms in total. The fraction of sp³-hybridized carbons (Fsp3) is 0.481. The first-order valence-corrected chi connectivity index (χ1v) is 12.3. The van der Waals surface area contributed by atoms with Crippen molar-refractivity contribution in [2.45, 2.75) is 39.7 Å². The highest BCUT2D eigenvalue weighted by atomic mass is 35.5. The molecule has 194 valence electrons. The molecule has 0 spiro atoms. The van der Waals surface area contributed by atoms with Gasteiger partial charge in [-0.2, -0.15) is 0 Å². The number of ether oxygens (including phenoxy) is 2. The van der Waals surface area contributed by atoms with Gasteiger partial charge in [-0.1, -0.05) is 50.6 Å². The van der Waals surface area contributed by atoms with Crippen molar-refractivity contribution in [3.05, 3.63) is 64.7 Å². The number of carbonyl (C=O) groups is 2. The molecule has 0 aliphatic carbocycles. The van der Waals surface area contributed by atoms with E-state index >= 15 is 0 Å². The van der Waals surface area contributed by atoms with E-state index < -0.39 is 11.6 Å². The van der Waals surface area contributed by atoms with Gasteiger partial charge in [0.05, 0.1) is 16.1 Å². The highest BCUT2D eigenvalue weighted by Gasteiger charge is 2.28. The normalized spacial score (nSPS) is 12.5. The van der Waals surface area contributed by atoms with Crippen LogP contribution in [0.1, 0.15) is 54.8 Å².